The number of rotatable bonds is 2. The molecule has 0 fully saturated rings. The van der Waals surface area contributed by atoms with E-state index in [1.54, 1.807) is 0 Å². The van der Waals surface area contributed by atoms with Crippen LogP contribution in [0.3, 0.4) is 0 Å². The zero-order chi connectivity index (χ0) is 9.97. The molecule has 0 saturated carbocycles. The smallest absolute Gasteiger partial charge is 0.119 e. The number of benzene rings is 1. The van der Waals surface area contributed by atoms with Crippen LogP contribution in [0.25, 0.3) is 0 Å². The van der Waals surface area contributed by atoms with Crippen molar-refractivity contribution in [3.63, 3.8) is 0 Å². The Kier molecular flexibility index (Phi) is 2.76. The number of aromatic hydroxyl groups is 1. The van der Waals surface area contributed by atoms with E-state index in [0.717, 1.165) is 12.8 Å². The third kappa shape index (κ3) is 1.63. The van der Waals surface area contributed by atoms with E-state index in [-0.39, 0.29) is 0 Å². The summed E-state index contributed by atoms with van der Waals surface area (Å²) in [5.41, 5.74) is 4.13. The van der Waals surface area contributed by atoms with Crippen LogP contribution >= 0.6 is 0 Å². The number of hydrogen-bond donors (Lipinski definition) is 1. The number of phenolic OH excluding ortho intramolecular Hbond substituents is 1. The second-order valence-electron chi connectivity index (χ2n) is 4.16. The maximum absolute atomic E-state index is 9.75. The van der Waals surface area contributed by atoms with E-state index in [2.05, 4.69) is 13.0 Å². The first-order valence-electron chi connectivity index (χ1n) is 5.65. The molecule has 0 aromatic heterocycles. The molecule has 0 atom stereocenters. The molecule has 0 heterocycles. The monoisotopic (exact) mass is 190 g/mol. The fraction of sp³-hybridized carbons (Fsp3) is 0.538. The van der Waals surface area contributed by atoms with Crippen molar-refractivity contribution < 1.29 is 5.11 Å². The van der Waals surface area contributed by atoms with Gasteiger partial charge in [-0.15, -0.1) is 0 Å². The summed E-state index contributed by atoms with van der Waals surface area (Å²) in [5.74, 6) is 0.513. The summed E-state index contributed by atoms with van der Waals surface area (Å²) in [7, 11) is 0. The second-order valence-corrected chi connectivity index (χ2v) is 4.16. The van der Waals surface area contributed by atoms with Crippen molar-refractivity contribution in [3.05, 3.63) is 28.8 Å². The summed E-state index contributed by atoms with van der Waals surface area (Å²) >= 11 is 0. The average molecular weight is 190 g/mol. The van der Waals surface area contributed by atoms with Gasteiger partial charge in [-0.05, 0) is 54.9 Å². The lowest BCUT2D eigenvalue weighted by atomic mass is 9.86. The number of fused-ring (bicyclic) bond motifs is 1. The third-order valence-corrected chi connectivity index (χ3v) is 3.13. The Balaban J connectivity index is 2.42. The van der Waals surface area contributed by atoms with Crippen molar-refractivity contribution in [3.8, 4) is 5.75 Å². The maximum Gasteiger partial charge on any atom is 0.119 e. The molecule has 1 nitrogen and oxygen atoms in total. The summed E-state index contributed by atoms with van der Waals surface area (Å²) in [6.07, 6.45) is 7.10. The molecule has 1 aromatic rings. The average Bonchev–Trinajstić information content (AvgIpc) is 2.23. The molecule has 1 heteroatoms. The lowest BCUT2D eigenvalue weighted by molar-refractivity contribution is 0.461. The van der Waals surface area contributed by atoms with Crippen molar-refractivity contribution in [2.24, 2.45) is 0 Å². The SMILES string of the molecule is CCCc1ccc(O)c2c1CCCC2. The fourth-order valence-corrected chi connectivity index (χ4v) is 2.43. The zero-order valence-electron chi connectivity index (χ0n) is 8.84. The summed E-state index contributed by atoms with van der Waals surface area (Å²) in [5, 5.41) is 9.75. The molecule has 0 amide bonds. The zero-order valence-corrected chi connectivity index (χ0v) is 8.84. The largest absolute Gasteiger partial charge is 0.508 e. The predicted molar refractivity (Wildman–Crippen MR) is 58.7 cm³/mol. The van der Waals surface area contributed by atoms with E-state index in [4.69, 9.17) is 0 Å². The van der Waals surface area contributed by atoms with Crippen LogP contribution in [0.5, 0.6) is 5.75 Å². The highest BCUT2D eigenvalue weighted by Gasteiger charge is 2.15. The van der Waals surface area contributed by atoms with Crippen molar-refractivity contribution in [1.82, 2.24) is 0 Å². The van der Waals surface area contributed by atoms with Crippen LogP contribution in [0.15, 0.2) is 12.1 Å². The standard InChI is InChI=1S/C13H18O/c1-2-5-10-8-9-13(14)12-7-4-3-6-11(10)12/h8-9,14H,2-7H2,1H3. The summed E-state index contributed by atoms with van der Waals surface area (Å²) < 4.78 is 0. The van der Waals surface area contributed by atoms with Crippen LogP contribution in [0.2, 0.25) is 0 Å². The molecule has 1 N–H and O–H groups in total. The van der Waals surface area contributed by atoms with E-state index in [0.29, 0.717) is 5.75 Å². The molecule has 0 unspecified atom stereocenters. The molecule has 2 rings (SSSR count). The predicted octanol–water partition coefficient (Wildman–Crippen LogP) is 3.22. The van der Waals surface area contributed by atoms with E-state index >= 15 is 0 Å². The van der Waals surface area contributed by atoms with Crippen LogP contribution in [0, 0.1) is 0 Å². The van der Waals surface area contributed by atoms with Crippen LogP contribution < -0.4 is 0 Å². The molecular weight excluding hydrogens is 172 g/mol. The van der Waals surface area contributed by atoms with Gasteiger partial charge in [-0.25, -0.2) is 0 Å². The van der Waals surface area contributed by atoms with Crippen molar-refractivity contribution in [2.75, 3.05) is 0 Å². The van der Waals surface area contributed by atoms with Crippen LogP contribution in [0.4, 0.5) is 0 Å². The van der Waals surface area contributed by atoms with Gasteiger partial charge in [0.2, 0.25) is 0 Å². The first-order valence-corrected chi connectivity index (χ1v) is 5.65. The van der Waals surface area contributed by atoms with Crippen LogP contribution in [-0.4, -0.2) is 5.11 Å². The lowest BCUT2D eigenvalue weighted by Gasteiger charge is -2.20. The van der Waals surface area contributed by atoms with Gasteiger partial charge in [-0.3, -0.25) is 0 Å². The lowest BCUT2D eigenvalue weighted by Crippen LogP contribution is -2.06. The summed E-state index contributed by atoms with van der Waals surface area (Å²) in [6, 6.07) is 3.97. The highest BCUT2D eigenvalue weighted by molar-refractivity contribution is 5.45. The first-order chi connectivity index (χ1) is 6.83. The van der Waals surface area contributed by atoms with Gasteiger partial charge in [0.1, 0.15) is 5.75 Å². The topological polar surface area (TPSA) is 20.2 Å². The molecule has 1 aromatic carbocycles. The van der Waals surface area contributed by atoms with Crippen molar-refractivity contribution >= 4 is 0 Å². The quantitative estimate of drug-likeness (QED) is 0.759. The van der Waals surface area contributed by atoms with Gasteiger partial charge in [0, 0.05) is 0 Å². The van der Waals surface area contributed by atoms with Crippen LogP contribution in [0.1, 0.15) is 42.9 Å². The van der Waals surface area contributed by atoms with Gasteiger partial charge in [-0.2, -0.15) is 0 Å². The minimum Gasteiger partial charge on any atom is -0.508 e. The minimum absolute atomic E-state index is 0.513. The van der Waals surface area contributed by atoms with Gasteiger partial charge in [-0.1, -0.05) is 19.4 Å². The first kappa shape index (κ1) is 9.57. The number of aryl methyl sites for hydroxylation is 1. The Hall–Kier alpha value is -0.980. The van der Waals surface area contributed by atoms with Crippen molar-refractivity contribution in [1.29, 1.82) is 0 Å². The Morgan fingerprint density at radius 3 is 2.57 bits per heavy atom. The molecule has 14 heavy (non-hydrogen) atoms. The summed E-state index contributed by atoms with van der Waals surface area (Å²) in [4.78, 5) is 0. The second kappa shape index (κ2) is 4.04. The number of phenols is 1. The van der Waals surface area contributed by atoms with E-state index < -0.39 is 0 Å². The molecule has 0 bridgehead atoms. The van der Waals surface area contributed by atoms with E-state index in [1.807, 2.05) is 6.07 Å². The van der Waals surface area contributed by atoms with Gasteiger partial charge in [0.15, 0.2) is 0 Å². The molecule has 0 radical (unpaired) electrons. The third-order valence-electron chi connectivity index (χ3n) is 3.13. The molecular formula is C13H18O. The van der Waals surface area contributed by atoms with Gasteiger partial charge in [0.25, 0.3) is 0 Å². The highest BCUT2D eigenvalue weighted by Crippen LogP contribution is 2.31. The van der Waals surface area contributed by atoms with Gasteiger partial charge in [0.05, 0.1) is 0 Å². The van der Waals surface area contributed by atoms with Gasteiger partial charge < -0.3 is 5.11 Å². The number of hydrogen-bond acceptors (Lipinski definition) is 1. The molecule has 76 valence electrons. The van der Waals surface area contributed by atoms with Crippen LogP contribution in [-0.2, 0) is 19.3 Å². The van der Waals surface area contributed by atoms with E-state index in [1.165, 1.54) is 42.4 Å². The normalized spacial score (nSPS) is 15.2. The van der Waals surface area contributed by atoms with Crippen molar-refractivity contribution in [2.45, 2.75) is 45.4 Å². The highest BCUT2D eigenvalue weighted by atomic mass is 16.3. The van der Waals surface area contributed by atoms with Gasteiger partial charge >= 0.3 is 0 Å². The fourth-order valence-electron chi connectivity index (χ4n) is 2.43. The molecule has 1 aliphatic carbocycles. The molecule has 0 aliphatic heterocycles. The Morgan fingerprint density at radius 1 is 1.14 bits per heavy atom. The molecule has 1 aliphatic rings. The Bertz CT molecular complexity index is 328. The Morgan fingerprint density at radius 2 is 1.86 bits per heavy atom. The van der Waals surface area contributed by atoms with E-state index in [9.17, 15) is 5.11 Å². The molecule has 0 spiro atoms. The summed E-state index contributed by atoms with van der Waals surface area (Å²) in [6.45, 7) is 2.21. The maximum atomic E-state index is 9.75. The minimum atomic E-state index is 0.513. The molecule has 0 saturated heterocycles. The Labute approximate surface area is 85.8 Å².